The van der Waals surface area contributed by atoms with Crippen LogP contribution in [0.3, 0.4) is 0 Å². The zero-order valence-corrected chi connectivity index (χ0v) is 21.6. The fraction of sp³-hybridized carbons (Fsp3) is 0.231. The van der Waals surface area contributed by atoms with Crippen LogP contribution < -0.4 is 15.4 Å². The molecular formula is C26H23ClN6O3S. The maximum absolute atomic E-state index is 11.8. The molecule has 37 heavy (non-hydrogen) atoms. The highest BCUT2D eigenvalue weighted by molar-refractivity contribution is 7.20. The number of hydrogen-bond acceptors (Lipinski definition) is 9. The molecule has 1 fully saturated rings. The van der Waals surface area contributed by atoms with Gasteiger partial charge < -0.3 is 19.7 Å². The van der Waals surface area contributed by atoms with Crippen molar-refractivity contribution >= 4 is 50.8 Å². The number of anilines is 2. The molecule has 9 nitrogen and oxygen atoms in total. The van der Waals surface area contributed by atoms with E-state index in [1.54, 1.807) is 38.5 Å². The van der Waals surface area contributed by atoms with E-state index in [4.69, 9.17) is 21.1 Å². The number of nitrogens with zero attached hydrogens (tertiary/aromatic N) is 4. The SMILES string of the molecule is CN(C)C(=O)O[C@H]1CN[C@H](C#Cc2cc3ncnc(Nc4ccc(Oc5ccccn5)c(Cl)c4)c3s2)C1. The first kappa shape index (κ1) is 24.8. The van der Waals surface area contributed by atoms with E-state index in [-0.39, 0.29) is 18.2 Å². The third-order valence-corrected chi connectivity index (χ3v) is 6.79. The van der Waals surface area contributed by atoms with Crippen molar-refractivity contribution in [2.24, 2.45) is 0 Å². The minimum Gasteiger partial charge on any atom is -0.445 e. The maximum atomic E-state index is 11.8. The molecule has 1 aliphatic heterocycles. The van der Waals surface area contributed by atoms with Crippen LogP contribution in [0, 0.1) is 11.8 Å². The number of fused-ring (bicyclic) bond motifs is 1. The van der Waals surface area contributed by atoms with E-state index < -0.39 is 0 Å². The molecule has 3 aromatic heterocycles. The van der Waals surface area contributed by atoms with Crippen LogP contribution in [0.2, 0.25) is 5.02 Å². The molecule has 1 saturated heterocycles. The summed E-state index contributed by atoms with van der Waals surface area (Å²) in [6, 6.07) is 12.7. The molecule has 2 N–H and O–H groups in total. The Morgan fingerprint density at radius 2 is 2.11 bits per heavy atom. The molecule has 0 aliphatic carbocycles. The van der Waals surface area contributed by atoms with Crippen molar-refractivity contribution < 1.29 is 14.3 Å². The van der Waals surface area contributed by atoms with E-state index in [1.807, 2.05) is 24.3 Å². The molecule has 0 radical (unpaired) electrons. The number of rotatable bonds is 5. The van der Waals surface area contributed by atoms with E-state index in [2.05, 4.69) is 37.4 Å². The molecule has 0 bridgehead atoms. The summed E-state index contributed by atoms with van der Waals surface area (Å²) < 4.78 is 12.1. The Morgan fingerprint density at radius 3 is 2.89 bits per heavy atom. The summed E-state index contributed by atoms with van der Waals surface area (Å²) >= 11 is 7.95. The van der Waals surface area contributed by atoms with Gasteiger partial charge in [0.2, 0.25) is 5.88 Å². The van der Waals surface area contributed by atoms with Crippen molar-refractivity contribution in [3.05, 3.63) is 64.9 Å². The van der Waals surface area contributed by atoms with Gasteiger partial charge in [0.05, 0.1) is 26.2 Å². The van der Waals surface area contributed by atoms with Crippen molar-refractivity contribution in [1.29, 1.82) is 0 Å². The number of hydrogen-bond donors (Lipinski definition) is 2. The number of thiophene rings is 1. The van der Waals surface area contributed by atoms with Gasteiger partial charge in [0, 0.05) is 45.0 Å². The number of pyridine rings is 1. The number of benzene rings is 1. The van der Waals surface area contributed by atoms with E-state index in [0.29, 0.717) is 35.4 Å². The number of nitrogens with one attached hydrogen (secondary N) is 2. The number of ether oxygens (including phenoxy) is 2. The second kappa shape index (κ2) is 11.0. The molecule has 4 aromatic rings. The highest BCUT2D eigenvalue weighted by Gasteiger charge is 2.26. The largest absolute Gasteiger partial charge is 0.445 e. The van der Waals surface area contributed by atoms with Gasteiger partial charge in [-0.05, 0) is 30.3 Å². The molecule has 0 unspecified atom stereocenters. The van der Waals surface area contributed by atoms with Crippen LogP contribution in [0.25, 0.3) is 10.2 Å². The minimum absolute atomic E-state index is 0.0529. The molecule has 2 atom stereocenters. The van der Waals surface area contributed by atoms with Gasteiger partial charge in [-0.15, -0.1) is 11.3 Å². The number of amides is 1. The second-order valence-electron chi connectivity index (χ2n) is 8.45. The fourth-order valence-corrected chi connectivity index (χ4v) is 4.77. The first-order valence-corrected chi connectivity index (χ1v) is 12.7. The lowest BCUT2D eigenvalue weighted by Gasteiger charge is -2.15. The van der Waals surface area contributed by atoms with Crippen molar-refractivity contribution in [3.8, 4) is 23.5 Å². The molecule has 4 heterocycles. The Labute approximate surface area is 222 Å². The van der Waals surface area contributed by atoms with Crippen molar-refractivity contribution in [2.45, 2.75) is 18.6 Å². The summed E-state index contributed by atoms with van der Waals surface area (Å²) in [5, 5.41) is 7.05. The average molecular weight is 535 g/mol. The highest BCUT2D eigenvalue weighted by Crippen LogP contribution is 2.34. The first-order chi connectivity index (χ1) is 17.9. The van der Waals surface area contributed by atoms with Crippen LogP contribution in [0.4, 0.5) is 16.3 Å². The van der Waals surface area contributed by atoms with Crippen LogP contribution in [0.5, 0.6) is 11.6 Å². The Balaban J connectivity index is 1.27. The smallest absolute Gasteiger partial charge is 0.409 e. The Morgan fingerprint density at radius 1 is 1.22 bits per heavy atom. The Hall–Kier alpha value is -3.91. The third kappa shape index (κ3) is 6.09. The van der Waals surface area contributed by atoms with E-state index in [9.17, 15) is 4.79 Å². The molecule has 0 spiro atoms. The number of carbonyl (C=O) groups is 1. The molecule has 11 heteroatoms. The number of aromatic nitrogens is 3. The molecular weight excluding hydrogens is 512 g/mol. The lowest BCUT2D eigenvalue weighted by atomic mass is 10.2. The predicted octanol–water partition coefficient (Wildman–Crippen LogP) is 5.06. The summed E-state index contributed by atoms with van der Waals surface area (Å²) in [7, 11) is 3.33. The summed E-state index contributed by atoms with van der Waals surface area (Å²) in [5.74, 6) is 8.08. The molecule has 188 valence electrons. The van der Waals surface area contributed by atoms with Crippen LogP contribution in [0.15, 0.2) is 55.0 Å². The van der Waals surface area contributed by atoms with Gasteiger partial charge in [0.25, 0.3) is 0 Å². The lowest BCUT2D eigenvalue weighted by molar-refractivity contribution is 0.0826. The van der Waals surface area contributed by atoms with Gasteiger partial charge in [0.1, 0.15) is 18.2 Å². The molecule has 1 amide bonds. The number of halogens is 1. The fourth-order valence-electron chi connectivity index (χ4n) is 3.63. The van der Waals surface area contributed by atoms with Crippen molar-refractivity contribution in [3.63, 3.8) is 0 Å². The molecule has 1 aromatic carbocycles. The van der Waals surface area contributed by atoms with Gasteiger partial charge in [-0.3, -0.25) is 5.32 Å². The highest BCUT2D eigenvalue weighted by atomic mass is 35.5. The summed E-state index contributed by atoms with van der Waals surface area (Å²) in [6.45, 7) is 0.582. The molecule has 0 saturated carbocycles. The van der Waals surface area contributed by atoms with Crippen LogP contribution >= 0.6 is 22.9 Å². The quantitative estimate of drug-likeness (QED) is 0.343. The van der Waals surface area contributed by atoms with Crippen LogP contribution in [0.1, 0.15) is 11.3 Å². The Bertz CT molecular complexity index is 1480. The van der Waals surface area contributed by atoms with Crippen molar-refractivity contribution in [1.82, 2.24) is 25.2 Å². The number of carbonyl (C=O) groups excluding carboxylic acids is 1. The van der Waals surface area contributed by atoms with Gasteiger partial charge in [-0.2, -0.15) is 0 Å². The first-order valence-electron chi connectivity index (χ1n) is 11.5. The Kier molecular flexibility index (Phi) is 7.37. The molecule has 5 rings (SSSR count). The standard InChI is InChI=1S/C26H23ClN6O3S/c1-33(2)26(34)35-18-11-16(29-14-18)6-8-19-13-21-24(37-19)25(31-15-30-21)32-17-7-9-22(20(27)12-17)36-23-5-3-4-10-28-23/h3-5,7,9-10,12-13,15-16,18,29H,11,14H2,1-2H3,(H,30,31,32)/t16-,18-/m1/s1. The summed E-state index contributed by atoms with van der Waals surface area (Å²) in [4.78, 5) is 27.0. The van der Waals surface area contributed by atoms with Gasteiger partial charge in [-0.1, -0.05) is 29.5 Å². The predicted molar refractivity (Wildman–Crippen MR) is 144 cm³/mol. The average Bonchev–Trinajstić information content (AvgIpc) is 3.52. The summed E-state index contributed by atoms with van der Waals surface area (Å²) in [5.41, 5.74) is 1.55. The van der Waals surface area contributed by atoms with Gasteiger partial charge >= 0.3 is 6.09 Å². The zero-order valence-electron chi connectivity index (χ0n) is 20.1. The molecule has 1 aliphatic rings. The topological polar surface area (TPSA) is 102 Å². The normalized spacial score (nSPS) is 16.6. The monoisotopic (exact) mass is 534 g/mol. The minimum atomic E-state index is -0.347. The van der Waals surface area contributed by atoms with Crippen LogP contribution in [-0.2, 0) is 4.74 Å². The van der Waals surface area contributed by atoms with Crippen molar-refractivity contribution in [2.75, 3.05) is 26.0 Å². The van der Waals surface area contributed by atoms with E-state index >= 15 is 0 Å². The van der Waals surface area contributed by atoms with Gasteiger partial charge in [-0.25, -0.2) is 19.7 Å². The van der Waals surface area contributed by atoms with Crippen LogP contribution in [-0.4, -0.2) is 58.7 Å². The zero-order chi connectivity index (χ0) is 25.8. The van der Waals surface area contributed by atoms with E-state index in [1.165, 1.54) is 22.6 Å². The van der Waals surface area contributed by atoms with Gasteiger partial charge in [0.15, 0.2) is 5.82 Å². The summed E-state index contributed by atoms with van der Waals surface area (Å²) in [6.07, 6.45) is 3.27. The second-order valence-corrected chi connectivity index (χ2v) is 9.91. The maximum Gasteiger partial charge on any atom is 0.409 e. The third-order valence-electron chi connectivity index (χ3n) is 5.45. The lowest BCUT2D eigenvalue weighted by Crippen LogP contribution is -2.29. The van der Waals surface area contributed by atoms with E-state index in [0.717, 1.165) is 20.8 Å².